The molecule has 7 heteroatoms. The van der Waals surface area contributed by atoms with Crippen LogP contribution in [0.2, 0.25) is 5.02 Å². The van der Waals surface area contributed by atoms with Crippen LogP contribution in [0.1, 0.15) is 19.8 Å². The number of hydrogen-bond donors (Lipinski definition) is 2. The van der Waals surface area contributed by atoms with E-state index in [9.17, 15) is 4.79 Å². The zero-order valence-electron chi connectivity index (χ0n) is 10.5. The van der Waals surface area contributed by atoms with Crippen LogP contribution in [-0.2, 0) is 9.53 Å². The minimum absolute atomic E-state index is 0.258. The highest BCUT2D eigenvalue weighted by molar-refractivity contribution is 6.32. The van der Waals surface area contributed by atoms with E-state index in [0.717, 1.165) is 13.0 Å². The molecule has 2 N–H and O–H groups in total. The highest BCUT2D eigenvalue weighted by Crippen LogP contribution is 2.19. The number of nitrogens with one attached hydrogen (secondary N) is 2. The van der Waals surface area contributed by atoms with Gasteiger partial charge in [0.15, 0.2) is 5.82 Å². The van der Waals surface area contributed by atoms with Gasteiger partial charge in [0.05, 0.1) is 19.7 Å². The number of ether oxygens (including phenoxy) is 1. The van der Waals surface area contributed by atoms with Crippen LogP contribution in [0.15, 0.2) is 6.20 Å². The summed E-state index contributed by atoms with van der Waals surface area (Å²) < 4.78 is 4.54. The summed E-state index contributed by atoms with van der Waals surface area (Å²) in [5.41, 5.74) is 0. The summed E-state index contributed by atoms with van der Waals surface area (Å²) in [6.07, 6.45) is 2.76. The summed E-state index contributed by atoms with van der Waals surface area (Å²) in [4.78, 5) is 19.2. The molecule has 0 bridgehead atoms. The molecule has 1 aromatic rings. The number of nitrogens with zero attached hydrogens (tertiary/aromatic N) is 2. The molecule has 1 aromatic heterocycles. The monoisotopic (exact) mass is 272 g/mol. The van der Waals surface area contributed by atoms with Gasteiger partial charge < -0.3 is 15.4 Å². The predicted molar refractivity (Wildman–Crippen MR) is 70.9 cm³/mol. The lowest BCUT2D eigenvalue weighted by Gasteiger charge is -2.09. The second-order valence-corrected chi connectivity index (χ2v) is 3.98. The largest absolute Gasteiger partial charge is 0.469 e. The van der Waals surface area contributed by atoms with Crippen LogP contribution in [0.5, 0.6) is 0 Å². The molecule has 0 aromatic carbocycles. The molecule has 0 saturated carbocycles. The van der Waals surface area contributed by atoms with Crippen LogP contribution in [0.3, 0.4) is 0 Å². The third-order valence-electron chi connectivity index (χ3n) is 2.13. The molecule has 0 spiro atoms. The third-order valence-corrected chi connectivity index (χ3v) is 2.40. The lowest BCUT2D eigenvalue weighted by atomic mass is 10.4. The van der Waals surface area contributed by atoms with Gasteiger partial charge in [-0.05, 0) is 6.42 Å². The lowest BCUT2D eigenvalue weighted by Crippen LogP contribution is -2.12. The van der Waals surface area contributed by atoms with E-state index in [1.807, 2.05) is 0 Å². The van der Waals surface area contributed by atoms with Crippen molar-refractivity contribution in [1.29, 1.82) is 0 Å². The first-order chi connectivity index (χ1) is 8.67. The van der Waals surface area contributed by atoms with Gasteiger partial charge in [0.1, 0.15) is 5.02 Å². The summed E-state index contributed by atoms with van der Waals surface area (Å²) in [7, 11) is 1.35. The van der Waals surface area contributed by atoms with Crippen LogP contribution in [0.25, 0.3) is 0 Å². The van der Waals surface area contributed by atoms with Gasteiger partial charge in [-0.3, -0.25) is 4.79 Å². The fraction of sp³-hybridized carbons (Fsp3) is 0.545. The van der Waals surface area contributed by atoms with Gasteiger partial charge in [-0.15, -0.1) is 0 Å². The maximum atomic E-state index is 11.0. The second-order valence-electron chi connectivity index (χ2n) is 3.57. The van der Waals surface area contributed by atoms with Gasteiger partial charge in [-0.2, -0.15) is 4.98 Å². The Balaban J connectivity index is 2.55. The number of methoxy groups -OCH3 is 1. The average molecular weight is 273 g/mol. The van der Waals surface area contributed by atoms with Crippen molar-refractivity contribution in [3.8, 4) is 0 Å². The summed E-state index contributed by atoms with van der Waals surface area (Å²) in [6.45, 7) is 3.26. The molecule has 0 unspecified atom stereocenters. The molecule has 0 fully saturated rings. The molecule has 1 heterocycles. The Labute approximate surface area is 111 Å². The Morgan fingerprint density at radius 3 is 2.89 bits per heavy atom. The number of aromatic nitrogens is 2. The summed E-state index contributed by atoms with van der Waals surface area (Å²) in [5, 5.41) is 6.45. The van der Waals surface area contributed by atoms with Crippen molar-refractivity contribution in [2.24, 2.45) is 0 Å². The van der Waals surface area contributed by atoms with E-state index in [2.05, 4.69) is 32.3 Å². The Hall–Kier alpha value is -1.56. The van der Waals surface area contributed by atoms with E-state index in [-0.39, 0.29) is 12.4 Å². The van der Waals surface area contributed by atoms with Crippen LogP contribution < -0.4 is 10.6 Å². The molecule has 0 aliphatic rings. The summed E-state index contributed by atoms with van der Waals surface area (Å²) in [5.74, 6) is 0.744. The lowest BCUT2D eigenvalue weighted by molar-refractivity contribution is -0.140. The molecule has 6 nitrogen and oxygen atoms in total. The smallest absolute Gasteiger partial charge is 0.307 e. The molecule has 18 heavy (non-hydrogen) atoms. The van der Waals surface area contributed by atoms with Crippen LogP contribution in [0, 0.1) is 0 Å². The van der Waals surface area contributed by atoms with E-state index >= 15 is 0 Å². The summed E-state index contributed by atoms with van der Waals surface area (Å²) in [6, 6.07) is 0. The van der Waals surface area contributed by atoms with Crippen molar-refractivity contribution in [2.45, 2.75) is 19.8 Å². The van der Waals surface area contributed by atoms with Crippen molar-refractivity contribution in [3.63, 3.8) is 0 Å². The van der Waals surface area contributed by atoms with Crippen LogP contribution >= 0.6 is 11.6 Å². The maximum Gasteiger partial charge on any atom is 0.307 e. The van der Waals surface area contributed by atoms with Gasteiger partial charge in [-0.1, -0.05) is 18.5 Å². The molecular weight excluding hydrogens is 256 g/mol. The third kappa shape index (κ3) is 4.75. The van der Waals surface area contributed by atoms with Crippen molar-refractivity contribution >= 4 is 29.3 Å². The van der Waals surface area contributed by atoms with Crippen molar-refractivity contribution in [1.82, 2.24) is 9.97 Å². The highest BCUT2D eigenvalue weighted by Gasteiger charge is 2.06. The number of rotatable bonds is 7. The zero-order valence-corrected chi connectivity index (χ0v) is 11.3. The number of esters is 1. The van der Waals surface area contributed by atoms with Gasteiger partial charge >= 0.3 is 5.97 Å². The van der Waals surface area contributed by atoms with Crippen molar-refractivity contribution in [3.05, 3.63) is 11.2 Å². The highest BCUT2D eigenvalue weighted by atomic mass is 35.5. The molecule has 0 atom stereocenters. The molecule has 0 aliphatic carbocycles. The van der Waals surface area contributed by atoms with E-state index in [1.165, 1.54) is 13.3 Å². The zero-order chi connectivity index (χ0) is 13.4. The Morgan fingerprint density at radius 2 is 2.22 bits per heavy atom. The quantitative estimate of drug-likeness (QED) is 0.739. The predicted octanol–water partition coefficient (Wildman–Crippen LogP) is 1.93. The Bertz CT molecular complexity index is 401. The molecule has 100 valence electrons. The maximum absolute atomic E-state index is 11.0. The number of carbonyl (C=O) groups excluding carboxylic acids is 1. The first-order valence-corrected chi connectivity index (χ1v) is 6.12. The molecule has 0 aliphatic heterocycles. The van der Waals surface area contributed by atoms with E-state index in [4.69, 9.17) is 11.6 Å². The first kappa shape index (κ1) is 14.5. The van der Waals surface area contributed by atoms with E-state index in [0.29, 0.717) is 23.3 Å². The molecule has 0 saturated heterocycles. The first-order valence-electron chi connectivity index (χ1n) is 5.74. The SMILES string of the molecule is CCCNc1ncc(Cl)c(NCCC(=O)OC)n1. The van der Waals surface area contributed by atoms with Gasteiger partial charge in [0.2, 0.25) is 5.95 Å². The Kier molecular flexibility index (Phi) is 6.21. The topological polar surface area (TPSA) is 76.1 Å². The Morgan fingerprint density at radius 1 is 1.44 bits per heavy atom. The minimum atomic E-state index is -0.281. The number of hydrogen-bond acceptors (Lipinski definition) is 6. The normalized spacial score (nSPS) is 9.94. The fourth-order valence-corrected chi connectivity index (χ4v) is 1.36. The molecular formula is C11H17ClN4O2. The van der Waals surface area contributed by atoms with Gasteiger partial charge in [0.25, 0.3) is 0 Å². The van der Waals surface area contributed by atoms with E-state index < -0.39 is 0 Å². The standard InChI is InChI=1S/C11H17ClN4O2/c1-3-5-14-11-15-7-8(12)10(16-11)13-6-4-9(17)18-2/h7H,3-6H2,1-2H3,(H2,13,14,15,16). The van der Waals surface area contributed by atoms with Crippen molar-refractivity contribution in [2.75, 3.05) is 30.8 Å². The summed E-state index contributed by atoms with van der Waals surface area (Å²) >= 11 is 5.95. The number of anilines is 2. The molecule has 1 rings (SSSR count). The van der Waals surface area contributed by atoms with Gasteiger partial charge in [0, 0.05) is 13.1 Å². The van der Waals surface area contributed by atoms with Crippen LogP contribution in [-0.4, -0.2) is 36.1 Å². The fourth-order valence-electron chi connectivity index (χ4n) is 1.20. The second kappa shape index (κ2) is 7.71. The number of halogens is 1. The molecule has 0 radical (unpaired) electrons. The van der Waals surface area contributed by atoms with Gasteiger partial charge in [-0.25, -0.2) is 4.98 Å². The minimum Gasteiger partial charge on any atom is -0.469 e. The van der Waals surface area contributed by atoms with Crippen molar-refractivity contribution < 1.29 is 9.53 Å². The van der Waals surface area contributed by atoms with Crippen LogP contribution in [0.4, 0.5) is 11.8 Å². The average Bonchev–Trinajstić information content (AvgIpc) is 2.39. The van der Waals surface area contributed by atoms with E-state index in [1.54, 1.807) is 0 Å². The number of carbonyl (C=O) groups is 1. The molecule has 0 amide bonds.